The standard InChI is InChI=1S/C28H38F4O8S.C10H10F2O8S/c1-15(4-7-23(36)40-11-10-27(29,30)28(31,32)41(37,38)39)18-5-6-19-24-20(14-22(35)26(18,19)3)25(2)9-8-17(33)12-16(25)13-21(24)34;11-10(12,21(15,16)17)9(14)20-5-1-4-3-2-18-8(13)6(3)7(5)19-4/h15-16,18-20,24H,4-14H2,1-3H3,(H,37,38,39);3-7H,1-2H2,(H,15,16,17)/t15-,16?,18-,19+,20+,24+,25+,26-;/m1./s1. The third kappa shape index (κ3) is 8.09. The van der Waals surface area contributed by atoms with Crippen molar-refractivity contribution in [2.75, 3.05) is 13.2 Å². The van der Waals surface area contributed by atoms with Crippen LogP contribution < -0.4 is 0 Å². The molecule has 16 nitrogen and oxygen atoms in total. The average molecular weight is 939 g/mol. The Hall–Kier alpha value is -3.22. The van der Waals surface area contributed by atoms with Crippen molar-refractivity contribution in [1.29, 1.82) is 0 Å². The summed E-state index contributed by atoms with van der Waals surface area (Å²) in [5, 5.41) is -10.8. The molecule has 350 valence electrons. The van der Waals surface area contributed by atoms with Crippen molar-refractivity contribution >= 4 is 55.5 Å². The number of carbonyl (C=O) groups excluding carboxylic acids is 6. The van der Waals surface area contributed by atoms with Gasteiger partial charge in [0.15, 0.2) is 0 Å². The van der Waals surface area contributed by atoms with Crippen molar-refractivity contribution in [2.45, 2.75) is 126 Å². The van der Waals surface area contributed by atoms with Crippen LogP contribution in [-0.2, 0) is 68.0 Å². The van der Waals surface area contributed by atoms with Crippen molar-refractivity contribution in [3.8, 4) is 0 Å². The highest BCUT2D eigenvalue weighted by Crippen LogP contribution is 2.66. The van der Waals surface area contributed by atoms with E-state index in [4.69, 9.17) is 18.6 Å². The van der Waals surface area contributed by atoms with E-state index in [9.17, 15) is 71.9 Å². The minimum absolute atomic E-state index is 0.0315. The van der Waals surface area contributed by atoms with Gasteiger partial charge in [0.1, 0.15) is 29.6 Å². The summed E-state index contributed by atoms with van der Waals surface area (Å²) in [6, 6.07) is 0. The lowest BCUT2D eigenvalue weighted by molar-refractivity contribution is -0.174. The van der Waals surface area contributed by atoms with Gasteiger partial charge >= 0.3 is 54.6 Å². The molecular weight excluding hydrogens is 891 g/mol. The molecule has 2 N–H and O–H groups in total. The predicted molar refractivity (Wildman–Crippen MR) is 194 cm³/mol. The van der Waals surface area contributed by atoms with Crippen LogP contribution in [0.2, 0.25) is 0 Å². The van der Waals surface area contributed by atoms with E-state index in [0.29, 0.717) is 38.5 Å². The maximum atomic E-state index is 13.8. The summed E-state index contributed by atoms with van der Waals surface area (Å²) in [5.41, 5.74) is -1.00. The molecule has 24 heteroatoms. The summed E-state index contributed by atoms with van der Waals surface area (Å²) in [6.45, 7) is 4.89. The van der Waals surface area contributed by atoms with Gasteiger partial charge in [-0.1, -0.05) is 20.8 Å². The third-order valence-electron chi connectivity index (χ3n) is 15.1. The maximum Gasteiger partial charge on any atom is 0.465 e. The van der Waals surface area contributed by atoms with Gasteiger partial charge in [-0.25, -0.2) is 4.79 Å². The van der Waals surface area contributed by atoms with Crippen LogP contribution in [0, 0.1) is 58.2 Å². The molecule has 6 unspecified atom stereocenters. The summed E-state index contributed by atoms with van der Waals surface area (Å²) >= 11 is 0. The number of alkyl halides is 6. The van der Waals surface area contributed by atoms with Gasteiger partial charge in [-0.2, -0.15) is 43.2 Å². The number of carbonyl (C=O) groups is 6. The Morgan fingerprint density at radius 3 is 2.21 bits per heavy atom. The fourth-order valence-corrected chi connectivity index (χ4v) is 12.4. The minimum Gasteiger partial charge on any atom is -0.465 e. The molecule has 3 heterocycles. The average Bonchev–Trinajstić information content (AvgIpc) is 3.93. The van der Waals surface area contributed by atoms with Gasteiger partial charge < -0.3 is 18.9 Å². The highest BCUT2D eigenvalue weighted by molar-refractivity contribution is 7.87. The Morgan fingerprint density at radius 1 is 0.919 bits per heavy atom. The number of rotatable bonds is 12. The first-order chi connectivity index (χ1) is 28.4. The summed E-state index contributed by atoms with van der Waals surface area (Å²) in [5.74, 6) is -10.4. The first-order valence-electron chi connectivity index (χ1n) is 20.2. The number of fused-ring (bicyclic) bond motifs is 10. The molecule has 4 saturated carbocycles. The molecule has 0 spiro atoms. The Balaban J connectivity index is 0.000000254. The summed E-state index contributed by atoms with van der Waals surface area (Å²) in [6.07, 6.45) is -0.784. The van der Waals surface area contributed by atoms with Gasteiger partial charge in [0.05, 0.1) is 31.7 Å². The van der Waals surface area contributed by atoms with Gasteiger partial charge in [0.2, 0.25) is 0 Å². The molecular formula is C38H48F6O16S2. The quantitative estimate of drug-likeness (QED) is 0.119. The second-order valence-corrected chi connectivity index (χ2v) is 21.2. The van der Waals surface area contributed by atoms with Gasteiger partial charge in [-0.3, -0.25) is 33.1 Å². The van der Waals surface area contributed by atoms with E-state index < -0.39 is 97.2 Å². The molecule has 7 aliphatic rings. The lowest BCUT2D eigenvalue weighted by atomic mass is 9.44. The summed E-state index contributed by atoms with van der Waals surface area (Å²) in [7, 11) is -12.3. The first kappa shape index (κ1) is 48.2. The summed E-state index contributed by atoms with van der Waals surface area (Å²) in [4.78, 5) is 74.3. The second-order valence-electron chi connectivity index (χ2n) is 18.3. The number of hydrogen-bond donors (Lipinski definition) is 2. The lowest BCUT2D eigenvalue weighted by Gasteiger charge is -2.58. The van der Waals surface area contributed by atoms with Crippen LogP contribution in [0.5, 0.6) is 0 Å². The Morgan fingerprint density at radius 2 is 1.58 bits per heavy atom. The van der Waals surface area contributed by atoms with E-state index in [-0.39, 0.29) is 96.5 Å². The molecule has 2 bridgehead atoms. The van der Waals surface area contributed by atoms with Crippen LogP contribution >= 0.6 is 0 Å². The molecule has 0 radical (unpaired) electrons. The molecule has 0 amide bonds. The minimum atomic E-state index is -6.37. The molecule has 4 aliphatic carbocycles. The highest BCUT2D eigenvalue weighted by Gasteiger charge is 2.68. The van der Waals surface area contributed by atoms with Crippen molar-refractivity contribution in [3.63, 3.8) is 0 Å². The van der Waals surface area contributed by atoms with Gasteiger partial charge in [-0.05, 0) is 60.7 Å². The first-order valence-corrected chi connectivity index (χ1v) is 23.1. The number of hydrogen-bond acceptors (Lipinski definition) is 14. The van der Waals surface area contributed by atoms with Crippen LogP contribution in [0.25, 0.3) is 0 Å². The Kier molecular flexibility index (Phi) is 12.7. The van der Waals surface area contributed by atoms with Crippen LogP contribution in [0.1, 0.15) is 91.4 Å². The number of ketones is 3. The fourth-order valence-electron chi connectivity index (χ4n) is 11.6. The third-order valence-corrected chi connectivity index (χ3v) is 16.9. The Labute approximate surface area is 352 Å². The molecule has 3 aliphatic heterocycles. The van der Waals surface area contributed by atoms with E-state index in [1.807, 2.05) is 13.8 Å². The lowest BCUT2D eigenvalue weighted by Crippen LogP contribution is -2.60. The molecule has 0 aromatic heterocycles. The van der Waals surface area contributed by atoms with Crippen LogP contribution in [0.15, 0.2) is 0 Å². The largest absolute Gasteiger partial charge is 0.465 e. The van der Waals surface area contributed by atoms with E-state index >= 15 is 0 Å². The van der Waals surface area contributed by atoms with Crippen molar-refractivity contribution in [2.24, 2.45) is 58.2 Å². The highest BCUT2D eigenvalue weighted by atomic mass is 32.2. The Bertz CT molecular complexity index is 2100. The molecule has 3 saturated heterocycles. The number of Topliss-reactive ketones (excluding diaryl/α,β-unsaturated/α-hetero) is 3. The topological polar surface area (TPSA) is 248 Å². The molecule has 0 aromatic rings. The van der Waals surface area contributed by atoms with E-state index in [0.717, 1.165) is 0 Å². The fraction of sp³-hybridized carbons (Fsp3) is 0.842. The number of esters is 3. The SMILES string of the molecule is C[C@H](CCC(=O)OCCC(F)(F)C(F)(F)S(=O)(=O)O)[C@H]1CC[C@H]2[C@@H]3C(=O)CC4CC(=O)CC[C@]4(C)[C@H]3CC(=O)[C@]12C.O=C1OCC2C3CC(OC(=O)C(F)(F)S(=O)(=O)O)C(O3)C12. The zero-order valence-electron chi connectivity index (χ0n) is 33.7. The van der Waals surface area contributed by atoms with Crippen LogP contribution in [0.3, 0.4) is 0 Å². The van der Waals surface area contributed by atoms with Crippen molar-refractivity contribution in [3.05, 3.63) is 0 Å². The molecule has 7 rings (SSSR count). The molecule has 13 atom stereocenters. The van der Waals surface area contributed by atoms with Crippen LogP contribution in [-0.4, -0.2) is 109 Å². The van der Waals surface area contributed by atoms with Gasteiger partial charge in [0.25, 0.3) is 0 Å². The van der Waals surface area contributed by atoms with Crippen molar-refractivity contribution < 1.29 is 100.0 Å². The molecule has 0 aromatic carbocycles. The second kappa shape index (κ2) is 16.3. The molecule has 62 heavy (non-hydrogen) atoms. The van der Waals surface area contributed by atoms with E-state index in [1.165, 1.54) is 0 Å². The van der Waals surface area contributed by atoms with Gasteiger partial charge in [-0.15, -0.1) is 0 Å². The van der Waals surface area contributed by atoms with E-state index in [2.05, 4.69) is 16.4 Å². The zero-order chi connectivity index (χ0) is 46.3. The predicted octanol–water partition coefficient (Wildman–Crippen LogP) is 4.38. The van der Waals surface area contributed by atoms with E-state index in [1.54, 1.807) is 0 Å². The molecule has 7 fully saturated rings. The number of ether oxygens (including phenoxy) is 4. The monoisotopic (exact) mass is 938 g/mol. The van der Waals surface area contributed by atoms with Crippen LogP contribution in [0.4, 0.5) is 26.3 Å². The summed E-state index contributed by atoms with van der Waals surface area (Å²) < 4.78 is 158. The van der Waals surface area contributed by atoms with Gasteiger partial charge in [0, 0.05) is 55.8 Å². The van der Waals surface area contributed by atoms with Crippen molar-refractivity contribution in [1.82, 2.24) is 0 Å². The normalized spacial score (nSPS) is 37.3. The number of cyclic esters (lactones) is 1. The maximum absolute atomic E-state index is 13.8. The number of halogens is 6. The smallest absolute Gasteiger partial charge is 0.465 e. The zero-order valence-corrected chi connectivity index (χ0v) is 35.4.